The van der Waals surface area contributed by atoms with E-state index in [0.29, 0.717) is 17.3 Å². The number of likely N-dealkylation sites (tertiary alicyclic amines) is 1. The normalized spacial score (nSPS) is 14.9. The zero-order valence-electron chi connectivity index (χ0n) is 18.9. The summed E-state index contributed by atoms with van der Waals surface area (Å²) in [6.45, 7) is 2.13. The monoisotopic (exact) mass is 457 g/mol. The van der Waals surface area contributed by atoms with Crippen molar-refractivity contribution in [1.29, 1.82) is 0 Å². The number of rotatable bonds is 3. The van der Waals surface area contributed by atoms with Crippen molar-refractivity contribution in [3.8, 4) is 17.1 Å². The fourth-order valence-electron chi connectivity index (χ4n) is 4.51. The maximum atomic E-state index is 10.1. The summed E-state index contributed by atoms with van der Waals surface area (Å²) >= 11 is 0. The molecule has 0 amide bonds. The lowest BCUT2D eigenvalue weighted by molar-refractivity contribution is 0.112. The molecule has 0 bridgehead atoms. The van der Waals surface area contributed by atoms with Crippen LogP contribution in [0.2, 0.25) is 0 Å². The van der Waals surface area contributed by atoms with Crippen molar-refractivity contribution in [1.82, 2.24) is 29.2 Å². The molecule has 5 aromatic rings. The topological polar surface area (TPSA) is 128 Å². The lowest BCUT2D eigenvalue weighted by Crippen LogP contribution is -2.29. The third-order valence-corrected chi connectivity index (χ3v) is 6.35. The van der Waals surface area contributed by atoms with Gasteiger partial charge in [-0.2, -0.15) is 0 Å². The number of piperidine rings is 1. The van der Waals surface area contributed by atoms with E-state index in [-0.39, 0.29) is 5.75 Å². The summed E-state index contributed by atoms with van der Waals surface area (Å²) in [7, 11) is 2.16. The molecule has 1 aromatic carbocycles. The summed E-state index contributed by atoms with van der Waals surface area (Å²) in [5.74, 6) is 2.13. The second kappa shape index (κ2) is 9.03. The van der Waals surface area contributed by atoms with E-state index in [1.54, 1.807) is 30.7 Å². The Morgan fingerprint density at radius 3 is 2.74 bits per heavy atom. The quantitative estimate of drug-likeness (QED) is 0.305. The molecule has 0 spiro atoms. The summed E-state index contributed by atoms with van der Waals surface area (Å²) in [5, 5.41) is 10.9. The maximum absolute atomic E-state index is 10.1. The molecule has 6 rings (SSSR count). The lowest BCUT2D eigenvalue weighted by Gasteiger charge is -2.28. The first-order valence-electron chi connectivity index (χ1n) is 11.2. The largest absolute Gasteiger partial charge is 0.507 e. The zero-order valence-corrected chi connectivity index (χ0v) is 18.9. The van der Waals surface area contributed by atoms with E-state index in [4.69, 9.17) is 10.7 Å². The Morgan fingerprint density at radius 2 is 2.06 bits per heavy atom. The molecule has 0 radical (unpaired) electrons. The Labute approximate surface area is 196 Å². The molecule has 5 N–H and O–H groups in total. The average molecular weight is 458 g/mol. The number of phenols is 1. The highest BCUT2D eigenvalue weighted by atomic mass is 16.3. The van der Waals surface area contributed by atoms with Crippen LogP contribution in [0.1, 0.15) is 34.9 Å². The molecule has 174 valence electrons. The SMILES string of the molecule is CN1CCC(c2nc(-c3cc4c(O)cccc4[nH]3)c3c(N)nccn23)CC1.O=Cc1cc[nH]c1. The van der Waals surface area contributed by atoms with Crippen molar-refractivity contribution < 1.29 is 9.90 Å². The standard InChI is InChI=1S/C20H22N6O.C5H5NO/c1-25-8-5-12(6-9-25)20-24-17(18-19(21)22-7-10-26(18)20)15-11-13-14(23-15)3-2-4-16(13)27;7-4-5-1-2-6-3-5/h2-4,7,10-12,23,27H,5-6,8-9H2,1H3,(H2,21,22);1-4,6H. The van der Waals surface area contributed by atoms with Crippen molar-refractivity contribution in [3.05, 3.63) is 66.5 Å². The fourth-order valence-corrected chi connectivity index (χ4v) is 4.51. The minimum atomic E-state index is 0.250. The number of nitrogen functional groups attached to an aromatic ring is 1. The number of fused-ring (bicyclic) bond motifs is 2. The van der Waals surface area contributed by atoms with Crippen molar-refractivity contribution in [2.75, 3.05) is 25.9 Å². The van der Waals surface area contributed by atoms with Gasteiger partial charge in [0.25, 0.3) is 0 Å². The highest BCUT2D eigenvalue weighted by molar-refractivity contribution is 5.94. The number of nitrogens with one attached hydrogen (secondary N) is 2. The Morgan fingerprint density at radius 1 is 1.24 bits per heavy atom. The fraction of sp³-hybridized carbons (Fsp3) is 0.240. The number of aromatic amines is 2. The van der Waals surface area contributed by atoms with Crippen molar-refractivity contribution in [3.63, 3.8) is 0 Å². The number of aldehydes is 1. The first kappa shape index (κ1) is 21.7. The zero-order chi connectivity index (χ0) is 23.7. The molecule has 34 heavy (non-hydrogen) atoms. The minimum absolute atomic E-state index is 0.250. The first-order valence-corrected chi connectivity index (χ1v) is 11.2. The van der Waals surface area contributed by atoms with Gasteiger partial charge in [0.05, 0.1) is 5.69 Å². The lowest BCUT2D eigenvalue weighted by atomic mass is 9.96. The molecule has 5 heterocycles. The van der Waals surface area contributed by atoms with E-state index in [0.717, 1.165) is 65.8 Å². The number of nitrogens with two attached hydrogens (primary N) is 1. The van der Waals surface area contributed by atoms with Crippen molar-refractivity contribution in [2.45, 2.75) is 18.8 Å². The van der Waals surface area contributed by atoms with Crippen LogP contribution in [-0.2, 0) is 0 Å². The molecule has 1 saturated heterocycles. The van der Waals surface area contributed by atoms with Gasteiger partial charge in [-0.25, -0.2) is 9.97 Å². The molecule has 0 saturated carbocycles. The van der Waals surface area contributed by atoms with Crippen LogP contribution in [0, 0.1) is 0 Å². The van der Waals surface area contributed by atoms with E-state index in [2.05, 4.69) is 31.3 Å². The number of hydrogen-bond acceptors (Lipinski definition) is 6. The Hall–Kier alpha value is -4.11. The van der Waals surface area contributed by atoms with E-state index < -0.39 is 0 Å². The van der Waals surface area contributed by atoms with Crippen LogP contribution in [0.3, 0.4) is 0 Å². The molecule has 0 aliphatic carbocycles. The van der Waals surface area contributed by atoms with E-state index >= 15 is 0 Å². The summed E-state index contributed by atoms with van der Waals surface area (Å²) in [4.78, 5) is 27.6. The van der Waals surface area contributed by atoms with Gasteiger partial charge in [-0.15, -0.1) is 0 Å². The molecule has 1 aliphatic rings. The molecule has 1 fully saturated rings. The van der Waals surface area contributed by atoms with Crippen LogP contribution < -0.4 is 5.73 Å². The van der Waals surface area contributed by atoms with Gasteiger partial charge in [0.15, 0.2) is 6.29 Å². The third-order valence-electron chi connectivity index (χ3n) is 6.35. The number of carbonyl (C=O) groups excluding carboxylic acids is 1. The molecule has 0 atom stereocenters. The van der Waals surface area contributed by atoms with Crippen molar-refractivity contribution in [2.24, 2.45) is 0 Å². The number of aromatic hydroxyl groups is 1. The second-order valence-electron chi connectivity index (χ2n) is 8.61. The number of H-pyrrole nitrogens is 2. The van der Waals surface area contributed by atoms with E-state index in [1.165, 1.54) is 0 Å². The molecule has 9 heteroatoms. The van der Waals surface area contributed by atoms with E-state index in [9.17, 15) is 9.90 Å². The number of anilines is 1. The third kappa shape index (κ3) is 4.01. The van der Waals surface area contributed by atoms with Gasteiger partial charge in [-0.05, 0) is 57.2 Å². The van der Waals surface area contributed by atoms with Crippen LogP contribution >= 0.6 is 0 Å². The van der Waals surface area contributed by atoms with Gasteiger partial charge in [-0.3, -0.25) is 9.20 Å². The number of carbonyl (C=O) groups is 1. The molecule has 9 nitrogen and oxygen atoms in total. The van der Waals surface area contributed by atoms with Crippen LogP contribution in [0.4, 0.5) is 5.82 Å². The molecular weight excluding hydrogens is 430 g/mol. The Balaban J connectivity index is 0.000000297. The highest BCUT2D eigenvalue weighted by Gasteiger charge is 2.26. The number of benzene rings is 1. The highest BCUT2D eigenvalue weighted by Crippen LogP contribution is 2.36. The Bertz CT molecular complexity index is 1430. The van der Waals surface area contributed by atoms with Crippen molar-refractivity contribution >= 4 is 28.5 Å². The van der Waals surface area contributed by atoms with Crippen LogP contribution in [0.25, 0.3) is 27.8 Å². The molecule has 1 aliphatic heterocycles. The van der Waals surface area contributed by atoms with E-state index in [1.807, 2.05) is 24.4 Å². The number of hydrogen-bond donors (Lipinski definition) is 4. The van der Waals surface area contributed by atoms with Gasteiger partial charge in [0.1, 0.15) is 28.6 Å². The predicted octanol–water partition coefficient (Wildman–Crippen LogP) is 3.80. The minimum Gasteiger partial charge on any atom is -0.507 e. The van der Waals surface area contributed by atoms with Gasteiger partial charge in [0.2, 0.25) is 0 Å². The average Bonchev–Trinajstić information content (AvgIpc) is 3.59. The summed E-state index contributed by atoms with van der Waals surface area (Å²) in [6, 6.07) is 9.09. The van der Waals surface area contributed by atoms with Gasteiger partial charge in [-0.1, -0.05) is 6.07 Å². The second-order valence-corrected chi connectivity index (χ2v) is 8.61. The van der Waals surface area contributed by atoms with Gasteiger partial charge >= 0.3 is 0 Å². The van der Waals surface area contributed by atoms with Gasteiger partial charge in [0, 0.05) is 47.2 Å². The first-order chi connectivity index (χ1) is 16.5. The summed E-state index contributed by atoms with van der Waals surface area (Å²) < 4.78 is 2.08. The van der Waals surface area contributed by atoms with Gasteiger partial charge < -0.3 is 25.7 Å². The predicted molar refractivity (Wildman–Crippen MR) is 132 cm³/mol. The number of aromatic nitrogens is 5. The Kier molecular flexibility index (Phi) is 5.77. The maximum Gasteiger partial charge on any atom is 0.151 e. The summed E-state index contributed by atoms with van der Waals surface area (Å²) in [5.41, 5.74) is 10.2. The van der Waals surface area contributed by atoms with Crippen LogP contribution in [0.5, 0.6) is 5.75 Å². The number of phenolic OH excluding ortho intramolecular Hbond substituents is 1. The molecular formula is C25H27N7O2. The van der Waals surface area contributed by atoms with Crippen LogP contribution in [0.15, 0.2) is 55.1 Å². The summed E-state index contributed by atoms with van der Waals surface area (Å²) in [6.07, 6.45) is 9.97. The number of nitrogens with zero attached hydrogens (tertiary/aromatic N) is 4. The smallest absolute Gasteiger partial charge is 0.151 e. The molecule has 4 aromatic heterocycles. The van der Waals surface area contributed by atoms with Crippen LogP contribution in [-0.4, -0.2) is 60.8 Å². The molecule has 0 unspecified atom stereocenters. The number of imidazole rings is 1.